The van der Waals surface area contributed by atoms with Crippen molar-refractivity contribution in [2.45, 2.75) is 26.3 Å². The summed E-state index contributed by atoms with van der Waals surface area (Å²) in [5.41, 5.74) is 1.19. The van der Waals surface area contributed by atoms with Crippen LogP contribution in [0.15, 0.2) is 35.3 Å². The second-order valence-electron chi connectivity index (χ2n) is 3.79. The van der Waals surface area contributed by atoms with Crippen molar-refractivity contribution < 1.29 is 4.74 Å². The van der Waals surface area contributed by atoms with Gasteiger partial charge in [0.25, 0.3) is 0 Å². The molecule has 0 amide bonds. The predicted molar refractivity (Wildman–Crippen MR) is 76.4 cm³/mol. The zero-order valence-electron chi connectivity index (χ0n) is 10.3. The number of unbranched alkanes of at least 4 members (excludes halogenated alkanes) is 1. The van der Waals surface area contributed by atoms with Gasteiger partial charge in [0.1, 0.15) is 5.75 Å². The quantitative estimate of drug-likeness (QED) is 0.580. The molecule has 0 unspecified atom stereocenters. The molecule has 0 radical (unpaired) electrons. The molecule has 3 heteroatoms. The summed E-state index contributed by atoms with van der Waals surface area (Å²) in [5, 5.41) is 3.32. The maximum atomic E-state index is 5.83. The van der Waals surface area contributed by atoms with Crippen molar-refractivity contribution >= 4 is 15.9 Å². The molecule has 1 aromatic rings. The minimum absolute atomic E-state index is 0.730. The highest BCUT2D eigenvalue weighted by Gasteiger charge is 2.07. The van der Waals surface area contributed by atoms with Crippen molar-refractivity contribution in [2.75, 3.05) is 13.2 Å². The third-order valence-electron chi connectivity index (χ3n) is 2.41. The van der Waals surface area contributed by atoms with Gasteiger partial charge in [-0.15, -0.1) is 6.58 Å². The zero-order chi connectivity index (χ0) is 12.5. The molecule has 2 nitrogen and oxygen atoms in total. The van der Waals surface area contributed by atoms with E-state index in [-0.39, 0.29) is 0 Å². The van der Waals surface area contributed by atoms with Crippen LogP contribution in [0.3, 0.4) is 0 Å². The van der Waals surface area contributed by atoms with Crippen LogP contribution in [0, 0.1) is 0 Å². The fourth-order valence-corrected chi connectivity index (χ4v) is 2.04. The van der Waals surface area contributed by atoms with Gasteiger partial charge in [-0.05, 0) is 41.4 Å². The third kappa shape index (κ3) is 4.92. The predicted octanol–water partition coefficient (Wildman–Crippen LogP) is 3.90. The van der Waals surface area contributed by atoms with Gasteiger partial charge in [-0.2, -0.15) is 0 Å². The molecule has 0 aliphatic heterocycles. The molecule has 94 valence electrons. The van der Waals surface area contributed by atoms with Crippen molar-refractivity contribution in [2.24, 2.45) is 0 Å². The van der Waals surface area contributed by atoms with Crippen LogP contribution in [-0.4, -0.2) is 13.2 Å². The van der Waals surface area contributed by atoms with Gasteiger partial charge in [0, 0.05) is 12.1 Å². The molecule has 1 aromatic carbocycles. The molecule has 0 aliphatic rings. The first kappa shape index (κ1) is 14.3. The smallest absolute Gasteiger partial charge is 0.137 e. The molecular weight excluding hydrogens is 278 g/mol. The third-order valence-corrected chi connectivity index (χ3v) is 3.04. The van der Waals surface area contributed by atoms with E-state index >= 15 is 0 Å². The van der Waals surface area contributed by atoms with Gasteiger partial charge in [0.05, 0.1) is 11.1 Å². The number of para-hydroxylation sites is 1. The SMILES string of the molecule is C=CCCCOc1c(Br)cccc1CNCC. The molecule has 0 aromatic heterocycles. The number of benzene rings is 1. The van der Waals surface area contributed by atoms with Crippen LogP contribution < -0.4 is 10.1 Å². The van der Waals surface area contributed by atoms with E-state index in [4.69, 9.17) is 4.74 Å². The first-order valence-corrected chi connectivity index (χ1v) is 6.80. The second kappa shape index (κ2) is 8.31. The van der Waals surface area contributed by atoms with Crippen molar-refractivity contribution in [3.05, 3.63) is 40.9 Å². The summed E-state index contributed by atoms with van der Waals surface area (Å²) in [6, 6.07) is 6.14. The Bertz CT molecular complexity index is 352. The first-order valence-electron chi connectivity index (χ1n) is 6.01. The highest BCUT2D eigenvalue weighted by molar-refractivity contribution is 9.10. The van der Waals surface area contributed by atoms with Crippen LogP contribution in [0.2, 0.25) is 0 Å². The van der Waals surface area contributed by atoms with Crippen LogP contribution in [0.4, 0.5) is 0 Å². The normalized spacial score (nSPS) is 10.2. The molecule has 0 aliphatic carbocycles. The Morgan fingerprint density at radius 3 is 3.00 bits per heavy atom. The lowest BCUT2D eigenvalue weighted by Gasteiger charge is -2.13. The number of allylic oxidation sites excluding steroid dienone is 1. The number of hydrogen-bond donors (Lipinski definition) is 1. The molecular formula is C14H20BrNO. The monoisotopic (exact) mass is 297 g/mol. The van der Waals surface area contributed by atoms with Gasteiger partial charge >= 0.3 is 0 Å². The van der Waals surface area contributed by atoms with Crippen molar-refractivity contribution in [1.29, 1.82) is 0 Å². The van der Waals surface area contributed by atoms with Crippen LogP contribution in [0.1, 0.15) is 25.3 Å². The van der Waals surface area contributed by atoms with Gasteiger partial charge in [0.2, 0.25) is 0 Å². The first-order chi connectivity index (χ1) is 8.29. The van der Waals surface area contributed by atoms with E-state index in [1.54, 1.807) is 0 Å². The molecule has 0 fully saturated rings. The van der Waals surface area contributed by atoms with Gasteiger partial charge in [0.15, 0.2) is 0 Å². The zero-order valence-corrected chi connectivity index (χ0v) is 11.9. The average molecular weight is 298 g/mol. The summed E-state index contributed by atoms with van der Waals surface area (Å²) < 4.78 is 6.85. The maximum absolute atomic E-state index is 5.83. The fourth-order valence-electron chi connectivity index (χ4n) is 1.52. The maximum Gasteiger partial charge on any atom is 0.137 e. The highest BCUT2D eigenvalue weighted by atomic mass is 79.9. The standard InChI is InChI=1S/C14H20BrNO/c1-3-5-6-10-17-14-12(11-16-4-2)8-7-9-13(14)15/h3,7-9,16H,1,4-6,10-11H2,2H3. The lowest BCUT2D eigenvalue weighted by Crippen LogP contribution is -2.13. The summed E-state index contributed by atoms with van der Waals surface area (Å²) in [6.45, 7) is 8.34. The number of ether oxygens (including phenoxy) is 1. The Labute approximate surface area is 112 Å². The molecule has 0 heterocycles. The number of halogens is 1. The van der Waals surface area contributed by atoms with E-state index in [9.17, 15) is 0 Å². The number of rotatable bonds is 8. The lowest BCUT2D eigenvalue weighted by molar-refractivity contribution is 0.306. The summed E-state index contributed by atoms with van der Waals surface area (Å²) >= 11 is 3.54. The molecule has 1 rings (SSSR count). The average Bonchev–Trinajstić information content (AvgIpc) is 2.34. The number of hydrogen-bond acceptors (Lipinski definition) is 2. The number of nitrogens with one attached hydrogen (secondary N) is 1. The molecule has 0 saturated heterocycles. The Morgan fingerprint density at radius 1 is 1.47 bits per heavy atom. The van der Waals surface area contributed by atoms with Crippen LogP contribution >= 0.6 is 15.9 Å². The van der Waals surface area contributed by atoms with E-state index in [2.05, 4.69) is 40.8 Å². The van der Waals surface area contributed by atoms with Gasteiger partial charge < -0.3 is 10.1 Å². The summed E-state index contributed by atoms with van der Waals surface area (Å²) in [4.78, 5) is 0. The van der Waals surface area contributed by atoms with Crippen molar-refractivity contribution in [3.8, 4) is 5.75 Å². The Kier molecular flexibility index (Phi) is 6.97. The Morgan fingerprint density at radius 2 is 2.29 bits per heavy atom. The molecule has 0 bridgehead atoms. The van der Waals surface area contributed by atoms with Crippen molar-refractivity contribution in [1.82, 2.24) is 5.32 Å². The molecule has 0 spiro atoms. The van der Waals surface area contributed by atoms with Crippen LogP contribution in [-0.2, 0) is 6.54 Å². The molecule has 0 saturated carbocycles. The topological polar surface area (TPSA) is 21.3 Å². The summed E-state index contributed by atoms with van der Waals surface area (Å²) in [5.74, 6) is 0.956. The van der Waals surface area contributed by atoms with E-state index < -0.39 is 0 Å². The molecule has 1 N–H and O–H groups in total. The second-order valence-corrected chi connectivity index (χ2v) is 4.64. The van der Waals surface area contributed by atoms with Gasteiger partial charge in [-0.25, -0.2) is 0 Å². The Balaban J connectivity index is 2.62. The van der Waals surface area contributed by atoms with E-state index in [0.717, 1.165) is 42.8 Å². The largest absolute Gasteiger partial charge is 0.492 e. The van der Waals surface area contributed by atoms with Crippen molar-refractivity contribution in [3.63, 3.8) is 0 Å². The molecule has 17 heavy (non-hydrogen) atoms. The van der Waals surface area contributed by atoms with E-state index in [1.165, 1.54) is 5.56 Å². The fraction of sp³-hybridized carbons (Fsp3) is 0.429. The Hall–Kier alpha value is -0.800. The summed E-state index contributed by atoms with van der Waals surface area (Å²) in [7, 11) is 0. The van der Waals surface area contributed by atoms with Crippen LogP contribution in [0.5, 0.6) is 5.75 Å². The van der Waals surface area contributed by atoms with Gasteiger partial charge in [-0.3, -0.25) is 0 Å². The highest BCUT2D eigenvalue weighted by Crippen LogP contribution is 2.29. The van der Waals surface area contributed by atoms with E-state index in [1.807, 2.05) is 18.2 Å². The lowest BCUT2D eigenvalue weighted by atomic mass is 10.2. The summed E-state index contributed by atoms with van der Waals surface area (Å²) in [6.07, 6.45) is 3.92. The van der Waals surface area contributed by atoms with E-state index in [0.29, 0.717) is 0 Å². The van der Waals surface area contributed by atoms with Gasteiger partial charge in [-0.1, -0.05) is 25.1 Å². The van der Waals surface area contributed by atoms with Crippen LogP contribution in [0.25, 0.3) is 0 Å². The minimum atomic E-state index is 0.730. The minimum Gasteiger partial charge on any atom is -0.492 e. The molecule has 0 atom stereocenters.